The topological polar surface area (TPSA) is 35.8 Å². The number of nitrogens with zero attached hydrogens (tertiary/aromatic N) is 3. The first-order valence-corrected chi connectivity index (χ1v) is 7.19. The van der Waals surface area contributed by atoms with Gasteiger partial charge in [0, 0.05) is 14.1 Å². The Bertz CT molecular complexity index is 589. The van der Waals surface area contributed by atoms with Crippen molar-refractivity contribution in [3.05, 3.63) is 46.8 Å². The normalized spacial score (nSPS) is 11.4. The zero-order valence-electron chi connectivity index (χ0n) is 13.9. The molecule has 6 heteroatoms. The van der Waals surface area contributed by atoms with Crippen LogP contribution in [0, 0.1) is 0 Å². The number of carbonyl (C=O) groups excluding carboxylic acids is 1. The van der Waals surface area contributed by atoms with Crippen LogP contribution in [0.4, 0.5) is 0 Å². The Morgan fingerprint density at radius 2 is 1.59 bits per heavy atom. The number of carbonyl (C=O) groups is 1. The first-order valence-electron chi connectivity index (χ1n) is 6.82. The fourth-order valence-electron chi connectivity index (χ4n) is 1.92. The number of halogens is 1. The molecule has 0 saturated carbocycles. The molecule has 0 aliphatic carbocycles. The van der Waals surface area contributed by atoms with Crippen LogP contribution in [0.15, 0.2) is 41.2 Å². The molecule has 0 unspecified atom stereocenters. The van der Waals surface area contributed by atoms with Gasteiger partial charge in [-0.05, 0) is 12.1 Å². The summed E-state index contributed by atoms with van der Waals surface area (Å²) in [6.07, 6.45) is 0. The number of benzene rings is 1. The fraction of sp³-hybridized carbons (Fsp3) is 0.375. The zero-order chi connectivity index (χ0) is 16.9. The summed E-state index contributed by atoms with van der Waals surface area (Å²) in [5.41, 5.74) is 0.472. The molecule has 120 valence electrons. The summed E-state index contributed by atoms with van der Waals surface area (Å²) in [7, 11) is 11.1. The van der Waals surface area contributed by atoms with Crippen molar-refractivity contribution in [2.75, 3.05) is 42.3 Å². The van der Waals surface area contributed by atoms with E-state index in [9.17, 15) is 4.79 Å². The Balaban J connectivity index is 3.28. The van der Waals surface area contributed by atoms with E-state index in [1.54, 1.807) is 43.3 Å². The first-order chi connectivity index (χ1) is 10.3. The van der Waals surface area contributed by atoms with Crippen molar-refractivity contribution >= 4 is 23.4 Å². The van der Waals surface area contributed by atoms with Crippen molar-refractivity contribution in [2.45, 2.75) is 0 Å². The summed E-state index contributed by atoms with van der Waals surface area (Å²) in [6, 6.07) is 8.83. The molecular weight excluding hydrogens is 302 g/mol. The predicted octanol–water partition coefficient (Wildman–Crippen LogP) is 2.05. The lowest BCUT2D eigenvalue weighted by Crippen LogP contribution is -2.35. The first kappa shape index (κ1) is 18.0. The fourth-order valence-corrected chi connectivity index (χ4v) is 2.04. The summed E-state index contributed by atoms with van der Waals surface area (Å²) in [5, 5.41) is 0.349. The number of rotatable bonds is 4. The van der Waals surface area contributed by atoms with Crippen LogP contribution in [0.5, 0.6) is 0 Å². The molecule has 0 amide bonds. The minimum absolute atomic E-state index is 0.315. The maximum absolute atomic E-state index is 12.3. The zero-order valence-corrected chi connectivity index (χ0v) is 14.7. The minimum atomic E-state index is -0.447. The highest BCUT2D eigenvalue weighted by Gasteiger charge is 2.28. The van der Waals surface area contributed by atoms with E-state index < -0.39 is 5.97 Å². The lowest BCUT2D eigenvalue weighted by molar-refractivity contribution is -0.469. The molecule has 0 spiro atoms. The highest BCUT2D eigenvalue weighted by Crippen LogP contribution is 2.18. The minimum Gasteiger partial charge on any atom is -0.411 e. The average Bonchev–Trinajstić information content (AvgIpc) is 2.45. The van der Waals surface area contributed by atoms with Gasteiger partial charge < -0.3 is 9.64 Å². The van der Waals surface area contributed by atoms with Crippen LogP contribution in [-0.2, 0) is 4.74 Å². The van der Waals surface area contributed by atoms with Crippen LogP contribution >= 0.6 is 11.6 Å². The molecule has 0 saturated heterocycles. The molecule has 22 heavy (non-hydrogen) atoms. The predicted molar refractivity (Wildman–Crippen MR) is 89.2 cm³/mol. The standard InChI is InChI=1S/C16H23ClN3O2/c1-18(2)14(17)13(15(19(3)4)20(5)6)22-16(21)12-10-8-7-9-11-12/h7-11H,1-6H3/q+1. The number of amidine groups is 1. The van der Waals surface area contributed by atoms with E-state index in [1.807, 2.05) is 43.7 Å². The largest absolute Gasteiger partial charge is 0.411 e. The summed E-state index contributed by atoms with van der Waals surface area (Å²) >= 11 is 6.35. The Labute approximate surface area is 137 Å². The van der Waals surface area contributed by atoms with E-state index in [2.05, 4.69) is 0 Å². The molecule has 0 heterocycles. The van der Waals surface area contributed by atoms with Crippen molar-refractivity contribution in [2.24, 2.45) is 0 Å². The summed E-state index contributed by atoms with van der Waals surface area (Å²) in [4.78, 5) is 15.9. The van der Waals surface area contributed by atoms with Crippen LogP contribution in [0.2, 0.25) is 0 Å². The third kappa shape index (κ3) is 4.49. The van der Waals surface area contributed by atoms with Gasteiger partial charge in [0.1, 0.15) is 0 Å². The molecule has 0 aliphatic rings. The van der Waals surface area contributed by atoms with Gasteiger partial charge in [-0.1, -0.05) is 29.8 Å². The van der Waals surface area contributed by atoms with Gasteiger partial charge in [0.2, 0.25) is 0 Å². The van der Waals surface area contributed by atoms with Gasteiger partial charge in [0.05, 0.1) is 33.8 Å². The maximum Gasteiger partial charge on any atom is 0.343 e. The van der Waals surface area contributed by atoms with E-state index in [0.29, 0.717) is 22.3 Å². The number of hydrogen-bond acceptors (Lipinski definition) is 3. The van der Waals surface area contributed by atoms with Crippen LogP contribution < -0.4 is 0 Å². The molecule has 1 aromatic rings. The Morgan fingerprint density at radius 3 is 2.00 bits per heavy atom. The molecule has 0 aliphatic heterocycles. The van der Waals surface area contributed by atoms with Gasteiger partial charge in [-0.15, -0.1) is 0 Å². The Kier molecular flexibility index (Phi) is 6.43. The van der Waals surface area contributed by atoms with Crippen molar-refractivity contribution < 1.29 is 14.1 Å². The van der Waals surface area contributed by atoms with Gasteiger partial charge in [-0.2, -0.15) is 0 Å². The molecule has 1 rings (SSSR count). The number of likely N-dealkylation sites (N-methyl/N-ethyl adjacent to an activating group) is 1. The Morgan fingerprint density at radius 1 is 1.05 bits per heavy atom. The molecule has 5 nitrogen and oxygen atoms in total. The SMILES string of the molecule is CN(C)C(/C(OC(=O)c1ccccc1)=C(/Cl)N(C)C)=[N+](C)C. The van der Waals surface area contributed by atoms with Gasteiger partial charge in [0.25, 0.3) is 5.76 Å². The maximum atomic E-state index is 12.3. The van der Waals surface area contributed by atoms with Gasteiger partial charge >= 0.3 is 11.8 Å². The van der Waals surface area contributed by atoms with Crippen LogP contribution in [0.3, 0.4) is 0 Å². The van der Waals surface area contributed by atoms with Crippen molar-refractivity contribution in [1.29, 1.82) is 0 Å². The molecule has 0 bridgehead atoms. The van der Waals surface area contributed by atoms with E-state index in [-0.39, 0.29) is 0 Å². The quantitative estimate of drug-likeness (QED) is 0.212. The third-order valence-electron chi connectivity index (χ3n) is 2.83. The highest BCUT2D eigenvalue weighted by atomic mass is 35.5. The smallest absolute Gasteiger partial charge is 0.343 e. The van der Waals surface area contributed by atoms with Gasteiger partial charge in [-0.25, -0.2) is 4.79 Å². The lowest BCUT2D eigenvalue weighted by atomic mass is 10.2. The van der Waals surface area contributed by atoms with Crippen LogP contribution in [0.25, 0.3) is 0 Å². The van der Waals surface area contributed by atoms with Crippen LogP contribution in [-0.4, -0.2) is 68.5 Å². The third-order valence-corrected chi connectivity index (χ3v) is 3.34. The van der Waals surface area contributed by atoms with E-state index in [1.165, 1.54) is 0 Å². The lowest BCUT2D eigenvalue weighted by Gasteiger charge is -2.19. The molecule has 0 fully saturated rings. The Hall–Kier alpha value is -2.01. The second-order valence-corrected chi connectivity index (χ2v) is 5.74. The van der Waals surface area contributed by atoms with Gasteiger partial charge in [-0.3, -0.25) is 9.48 Å². The van der Waals surface area contributed by atoms with E-state index >= 15 is 0 Å². The van der Waals surface area contributed by atoms with Crippen molar-refractivity contribution in [3.63, 3.8) is 0 Å². The molecule has 0 atom stereocenters. The molecule has 1 aromatic carbocycles. The van der Waals surface area contributed by atoms with Crippen LogP contribution in [0.1, 0.15) is 10.4 Å². The summed E-state index contributed by atoms with van der Waals surface area (Å²) in [6.45, 7) is 0. The van der Waals surface area contributed by atoms with Crippen molar-refractivity contribution in [1.82, 2.24) is 9.80 Å². The average molecular weight is 325 g/mol. The molecule has 0 aromatic heterocycles. The van der Waals surface area contributed by atoms with E-state index in [0.717, 1.165) is 0 Å². The summed E-state index contributed by atoms with van der Waals surface area (Å²) < 4.78 is 7.44. The second-order valence-electron chi connectivity index (χ2n) is 5.38. The molecular formula is C16H23ClN3O2+. The van der Waals surface area contributed by atoms with Crippen molar-refractivity contribution in [3.8, 4) is 0 Å². The molecule has 0 N–H and O–H groups in total. The molecule has 0 radical (unpaired) electrons. The van der Waals surface area contributed by atoms with Gasteiger partial charge in [0.15, 0.2) is 5.16 Å². The number of esters is 1. The number of ether oxygens (including phenoxy) is 1. The number of hydrogen-bond donors (Lipinski definition) is 0. The summed E-state index contributed by atoms with van der Waals surface area (Å²) in [5.74, 6) is 0.565. The highest BCUT2D eigenvalue weighted by molar-refractivity contribution is 6.31. The monoisotopic (exact) mass is 324 g/mol. The van der Waals surface area contributed by atoms with E-state index in [4.69, 9.17) is 16.3 Å². The second kappa shape index (κ2) is 7.84.